The van der Waals surface area contributed by atoms with E-state index in [0.29, 0.717) is 5.92 Å². The van der Waals surface area contributed by atoms with Gasteiger partial charge in [-0.15, -0.1) is 0 Å². The molecule has 2 heteroatoms. The molecule has 0 saturated carbocycles. The molecule has 2 rings (SSSR count). The first-order chi connectivity index (χ1) is 11.1. The summed E-state index contributed by atoms with van der Waals surface area (Å²) in [7, 11) is 0. The van der Waals surface area contributed by atoms with Crippen molar-refractivity contribution in [2.45, 2.75) is 39.3 Å². The van der Waals surface area contributed by atoms with Crippen molar-refractivity contribution in [3.05, 3.63) is 71.8 Å². The lowest BCUT2D eigenvalue weighted by atomic mass is 10.1. The Hall–Kier alpha value is -1.64. The Morgan fingerprint density at radius 3 is 1.96 bits per heavy atom. The molecule has 0 aliphatic heterocycles. The van der Waals surface area contributed by atoms with Crippen LogP contribution in [-0.4, -0.2) is 29.2 Å². The number of hydrogen-bond donors (Lipinski definition) is 1. The average Bonchev–Trinajstić information content (AvgIpc) is 2.54. The molecule has 0 fully saturated rings. The van der Waals surface area contributed by atoms with Crippen LogP contribution in [0.3, 0.4) is 0 Å². The number of rotatable bonds is 9. The quantitative estimate of drug-likeness (QED) is 0.752. The molecule has 2 nitrogen and oxygen atoms in total. The number of aliphatic hydroxyl groups excluding tert-OH is 1. The van der Waals surface area contributed by atoms with Crippen LogP contribution in [0.1, 0.15) is 31.4 Å². The molecular formula is C21H29NO. The summed E-state index contributed by atoms with van der Waals surface area (Å²) < 4.78 is 0. The van der Waals surface area contributed by atoms with Crippen LogP contribution in [0.25, 0.3) is 0 Å². The van der Waals surface area contributed by atoms with Crippen LogP contribution in [0.15, 0.2) is 60.7 Å². The number of nitrogens with zero attached hydrogens (tertiary/aromatic N) is 1. The van der Waals surface area contributed by atoms with Gasteiger partial charge in [-0.25, -0.2) is 0 Å². The zero-order chi connectivity index (χ0) is 16.5. The van der Waals surface area contributed by atoms with Crippen molar-refractivity contribution in [3.63, 3.8) is 0 Å². The predicted molar refractivity (Wildman–Crippen MR) is 97.3 cm³/mol. The van der Waals surface area contributed by atoms with E-state index in [9.17, 15) is 5.11 Å². The Balaban J connectivity index is 1.86. The van der Waals surface area contributed by atoms with E-state index < -0.39 is 0 Å². The number of aryl methyl sites for hydroxylation is 1. The van der Waals surface area contributed by atoms with E-state index >= 15 is 0 Å². The van der Waals surface area contributed by atoms with Crippen molar-refractivity contribution >= 4 is 0 Å². The van der Waals surface area contributed by atoms with Crippen molar-refractivity contribution in [1.82, 2.24) is 4.90 Å². The lowest BCUT2D eigenvalue weighted by molar-refractivity contribution is 0.0952. The Morgan fingerprint density at radius 1 is 0.826 bits per heavy atom. The maximum absolute atomic E-state index is 10.4. The molecule has 2 aromatic rings. The first-order valence-corrected chi connectivity index (χ1v) is 8.61. The van der Waals surface area contributed by atoms with Crippen molar-refractivity contribution in [2.75, 3.05) is 13.1 Å². The smallest absolute Gasteiger partial charge is 0.0670 e. The molecule has 0 aromatic heterocycles. The van der Waals surface area contributed by atoms with Crippen LogP contribution in [-0.2, 0) is 13.0 Å². The molecule has 0 unspecified atom stereocenters. The molecule has 0 saturated heterocycles. The van der Waals surface area contributed by atoms with Gasteiger partial charge in [0.25, 0.3) is 0 Å². The van der Waals surface area contributed by atoms with Crippen LogP contribution in [0, 0.1) is 5.92 Å². The fraction of sp³-hybridized carbons (Fsp3) is 0.429. The molecule has 124 valence electrons. The minimum atomic E-state index is -0.280. The highest BCUT2D eigenvalue weighted by molar-refractivity contribution is 5.15. The van der Waals surface area contributed by atoms with E-state index in [-0.39, 0.29) is 6.10 Å². The highest BCUT2D eigenvalue weighted by Gasteiger charge is 2.13. The Bertz CT molecular complexity index is 538. The second-order valence-electron chi connectivity index (χ2n) is 6.75. The molecule has 0 aliphatic carbocycles. The zero-order valence-electron chi connectivity index (χ0n) is 14.4. The van der Waals surface area contributed by atoms with Crippen LogP contribution >= 0.6 is 0 Å². The molecule has 1 N–H and O–H groups in total. The van der Waals surface area contributed by atoms with Crippen molar-refractivity contribution in [1.29, 1.82) is 0 Å². The molecule has 2 aromatic carbocycles. The largest absolute Gasteiger partial charge is 0.392 e. The topological polar surface area (TPSA) is 23.5 Å². The third kappa shape index (κ3) is 6.98. The molecule has 0 aliphatic rings. The third-order valence-corrected chi connectivity index (χ3v) is 3.95. The first kappa shape index (κ1) is 17.7. The maximum Gasteiger partial charge on any atom is 0.0670 e. The SMILES string of the molecule is CC(C)CN(Cc1ccccc1)C[C@H](O)CCc1ccccc1. The number of hydrogen-bond acceptors (Lipinski definition) is 2. The molecule has 23 heavy (non-hydrogen) atoms. The summed E-state index contributed by atoms with van der Waals surface area (Å²) in [6.07, 6.45) is 1.47. The highest BCUT2D eigenvalue weighted by atomic mass is 16.3. The van der Waals surface area contributed by atoms with Gasteiger partial charge < -0.3 is 5.11 Å². The van der Waals surface area contributed by atoms with E-state index in [2.05, 4.69) is 67.3 Å². The van der Waals surface area contributed by atoms with Crippen LogP contribution in [0.4, 0.5) is 0 Å². The fourth-order valence-electron chi connectivity index (χ4n) is 2.93. The molecular weight excluding hydrogens is 282 g/mol. The summed E-state index contributed by atoms with van der Waals surface area (Å²) in [5, 5.41) is 10.4. The molecule has 1 atom stereocenters. The summed E-state index contributed by atoms with van der Waals surface area (Å²) in [6, 6.07) is 20.9. The monoisotopic (exact) mass is 311 g/mol. The van der Waals surface area contributed by atoms with Crippen LogP contribution < -0.4 is 0 Å². The highest BCUT2D eigenvalue weighted by Crippen LogP contribution is 2.11. The summed E-state index contributed by atoms with van der Waals surface area (Å²) in [5.74, 6) is 0.597. The van der Waals surface area contributed by atoms with Crippen LogP contribution in [0.2, 0.25) is 0 Å². The van der Waals surface area contributed by atoms with E-state index in [4.69, 9.17) is 0 Å². The minimum Gasteiger partial charge on any atom is -0.392 e. The van der Waals surface area contributed by atoms with Gasteiger partial charge in [-0.3, -0.25) is 4.90 Å². The third-order valence-electron chi connectivity index (χ3n) is 3.95. The van der Waals surface area contributed by atoms with Gasteiger partial charge in [-0.1, -0.05) is 74.5 Å². The van der Waals surface area contributed by atoms with Crippen molar-refractivity contribution in [3.8, 4) is 0 Å². The summed E-state index contributed by atoms with van der Waals surface area (Å²) in [6.45, 7) is 7.11. The Morgan fingerprint density at radius 2 is 1.39 bits per heavy atom. The van der Waals surface area contributed by atoms with Gasteiger partial charge in [-0.2, -0.15) is 0 Å². The van der Waals surface area contributed by atoms with Gasteiger partial charge in [0.1, 0.15) is 0 Å². The lowest BCUT2D eigenvalue weighted by Crippen LogP contribution is -2.35. The molecule has 0 bridgehead atoms. The van der Waals surface area contributed by atoms with Crippen molar-refractivity contribution in [2.24, 2.45) is 5.92 Å². The van der Waals surface area contributed by atoms with Crippen molar-refractivity contribution < 1.29 is 5.11 Å². The summed E-state index contributed by atoms with van der Waals surface area (Å²) in [5.41, 5.74) is 2.61. The summed E-state index contributed by atoms with van der Waals surface area (Å²) >= 11 is 0. The van der Waals surface area contributed by atoms with E-state index in [0.717, 1.165) is 32.5 Å². The van der Waals surface area contributed by atoms with Gasteiger partial charge in [0.15, 0.2) is 0 Å². The lowest BCUT2D eigenvalue weighted by Gasteiger charge is -2.27. The number of benzene rings is 2. The number of aliphatic hydroxyl groups is 1. The standard InChI is InChI=1S/C21H29NO/c1-18(2)15-22(16-20-11-7-4-8-12-20)17-21(23)14-13-19-9-5-3-6-10-19/h3-12,18,21,23H,13-17H2,1-2H3/t21-/m1/s1. The average molecular weight is 311 g/mol. The van der Waals surface area contributed by atoms with Gasteiger partial charge in [0.05, 0.1) is 6.10 Å². The second-order valence-corrected chi connectivity index (χ2v) is 6.75. The van der Waals surface area contributed by atoms with Crippen LogP contribution in [0.5, 0.6) is 0 Å². The first-order valence-electron chi connectivity index (χ1n) is 8.61. The zero-order valence-corrected chi connectivity index (χ0v) is 14.4. The normalized spacial score (nSPS) is 12.7. The second kappa shape index (κ2) is 9.49. The maximum atomic E-state index is 10.4. The minimum absolute atomic E-state index is 0.280. The van der Waals surface area contributed by atoms with Gasteiger partial charge >= 0.3 is 0 Å². The Labute approximate surface area is 140 Å². The van der Waals surface area contributed by atoms with Gasteiger partial charge in [0, 0.05) is 19.6 Å². The molecule has 0 amide bonds. The molecule has 0 heterocycles. The summed E-state index contributed by atoms with van der Waals surface area (Å²) in [4.78, 5) is 2.37. The molecule has 0 spiro atoms. The van der Waals surface area contributed by atoms with E-state index in [1.807, 2.05) is 12.1 Å². The Kier molecular flexibility index (Phi) is 7.31. The fourth-order valence-corrected chi connectivity index (χ4v) is 2.93. The van der Waals surface area contributed by atoms with Gasteiger partial charge in [-0.05, 0) is 29.9 Å². The van der Waals surface area contributed by atoms with E-state index in [1.54, 1.807) is 0 Å². The molecule has 0 radical (unpaired) electrons. The van der Waals surface area contributed by atoms with Gasteiger partial charge in [0.2, 0.25) is 0 Å². The predicted octanol–water partition coefficient (Wildman–Crippen LogP) is 4.14. The van der Waals surface area contributed by atoms with E-state index in [1.165, 1.54) is 11.1 Å².